The number of nitrogens with zero attached hydrogens (tertiary/aromatic N) is 2. The van der Waals surface area contributed by atoms with Crippen LogP contribution < -0.4 is 0 Å². The number of carbonyl (C=O) groups is 1. The normalized spacial score (nSPS) is 13.1. The maximum atomic E-state index is 10.8. The van der Waals surface area contributed by atoms with Crippen LogP contribution in [0.1, 0.15) is 20.8 Å². The molecular weight excluding hydrogens is 180 g/mol. The molecule has 0 spiro atoms. The Morgan fingerprint density at radius 3 is 1.92 bits per heavy atom. The molecule has 0 rings (SSSR count). The van der Waals surface area contributed by atoms with E-state index in [1.807, 2.05) is 0 Å². The maximum absolute atomic E-state index is 10.8. The maximum Gasteiger partial charge on any atom is 0.245 e. The van der Waals surface area contributed by atoms with Crippen LogP contribution in [0.3, 0.4) is 0 Å². The zero-order valence-corrected chi connectivity index (χ0v) is 8.26. The highest BCUT2D eigenvalue weighted by Gasteiger charge is 2.15. The molecule has 1 unspecified atom stereocenters. The summed E-state index contributed by atoms with van der Waals surface area (Å²) in [5, 5.41) is 1.44. The van der Waals surface area contributed by atoms with E-state index in [1.54, 1.807) is 13.8 Å². The second kappa shape index (κ2) is 5.23. The molecule has 1 amide bonds. The van der Waals surface area contributed by atoms with E-state index < -0.39 is 17.2 Å². The second-order valence-corrected chi connectivity index (χ2v) is 2.93. The second-order valence-electron chi connectivity index (χ2n) is 2.15. The van der Waals surface area contributed by atoms with E-state index in [2.05, 4.69) is 0 Å². The molecular formula is C6H13N2O3S-. The lowest BCUT2D eigenvalue weighted by Crippen LogP contribution is -2.46. The minimum Gasteiger partial charge on any atom is -0.754 e. The van der Waals surface area contributed by atoms with Gasteiger partial charge in [-0.1, -0.05) is 13.8 Å². The summed E-state index contributed by atoms with van der Waals surface area (Å²) in [6.07, 6.45) is 0. The van der Waals surface area contributed by atoms with Gasteiger partial charge in [0.2, 0.25) is 5.91 Å². The molecule has 72 valence electrons. The molecule has 1 atom stereocenters. The van der Waals surface area contributed by atoms with Crippen LogP contribution in [0.25, 0.3) is 0 Å². The standard InChI is InChI=1S/C6H14N2O3S/c1-4-7(5-2)8(6(3)9)12(10)11/h4-5H2,1-3H3,(H,10,11)/p-1. The molecule has 0 aromatic rings. The third kappa shape index (κ3) is 2.88. The van der Waals surface area contributed by atoms with Gasteiger partial charge in [0.05, 0.1) is 11.3 Å². The minimum absolute atomic E-state index is 0.490. The van der Waals surface area contributed by atoms with E-state index >= 15 is 0 Å². The van der Waals surface area contributed by atoms with Crippen molar-refractivity contribution in [2.45, 2.75) is 20.8 Å². The lowest BCUT2D eigenvalue weighted by molar-refractivity contribution is -0.134. The lowest BCUT2D eigenvalue weighted by Gasteiger charge is -2.32. The molecule has 0 saturated carbocycles. The third-order valence-corrected chi connectivity index (χ3v) is 2.17. The van der Waals surface area contributed by atoms with Crippen LogP contribution in [0.2, 0.25) is 0 Å². The Balaban J connectivity index is 4.47. The summed E-state index contributed by atoms with van der Waals surface area (Å²) in [6.45, 7) is 5.76. The zero-order chi connectivity index (χ0) is 9.72. The van der Waals surface area contributed by atoms with Gasteiger partial charge in [-0.2, -0.15) is 4.41 Å². The van der Waals surface area contributed by atoms with Crippen molar-refractivity contribution in [2.24, 2.45) is 0 Å². The van der Waals surface area contributed by atoms with Crippen LogP contribution in [0.15, 0.2) is 0 Å². The Morgan fingerprint density at radius 1 is 1.42 bits per heavy atom. The van der Waals surface area contributed by atoms with Crippen molar-refractivity contribution in [3.63, 3.8) is 0 Å². The molecule has 0 bridgehead atoms. The van der Waals surface area contributed by atoms with Crippen LogP contribution in [0.4, 0.5) is 0 Å². The molecule has 0 aliphatic heterocycles. The Labute approximate surface area is 74.7 Å². The predicted molar refractivity (Wildman–Crippen MR) is 44.4 cm³/mol. The molecule has 5 nitrogen and oxygen atoms in total. The average molecular weight is 193 g/mol. The fraction of sp³-hybridized carbons (Fsp3) is 0.833. The summed E-state index contributed by atoms with van der Waals surface area (Å²) in [5.74, 6) is -0.493. The highest BCUT2D eigenvalue weighted by atomic mass is 32.2. The Kier molecular flexibility index (Phi) is 5.03. The van der Waals surface area contributed by atoms with Crippen molar-refractivity contribution < 1.29 is 13.6 Å². The summed E-state index contributed by atoms with van der Waals surface area (Å²) in [6, 6.07) is 0. The molecule has 0 N–H and O–H groups in total. The van der Waals surface area contributed by atoms with Crippen LogP contribution in [0.5, 0.6) is 0 Å². The largest absolute Gasteiger partial charge is 0.754 e. The van der Waals surface area contributed by atoms with Gasteiger partial charge in [0.15, 0.2) is 0 Å². The van der Waals surface area contributed by atoms with Gasteiger partial charge in [-0.15, -0.1) is 0 Å². The van der Waals surface area contributed by atoms with Crippen LogP contribution in [0, 0.1) is 0 Å². The molecule has 0 fully saturated rings. The van der Waals surface area contributed by atoms with Crippen LogP contribution in [-0.4, -0.2) is 37.2 Å². The summed E-state index contributed by atoms with van der Waals surface area (Å²) in [4.78, 5) is 10.8. The molecule has 6 heteroatoms. The van der Waals surface area contributed by atoms with Gasteiger partial charge in [0.25, 0.3) is 0 Å². The SMILES string of the molecule is CCN(CC)N(C(C)=O)S(=O)[O-]. The first-order valence-electron chi connectivity index (χ1n) is 3.69. The lowest BCUT2D eigenvalue weighted by atomic mass is 10.6. The van der Waals surface area contributed by atoms with E-state index in [0.717, 1.165) is 4.41 Å². The van der Waals surface area contributed by atoms with Crippen LogP contribution in [-0.2, 0) is 16.1 Å². The van der Waals surface area contributed by atoms with E-state index in [9.17, 15) is 13.6 Å². The summed E-state index contributed by atoms with van der Waals surface area (Å²) < 4.78 is 21.8. The fourth-order valence-electron chi connectivity index (χ4n) is 0.879. The Bertz CT molecular complexity index is 168. The van der Waals surface area contributed by atoms with Gasteiger partial charge in [0, 0.05) is 20.0 Å². The van der Waals surface area contributed by atoms with E-state index in [-0.39, 0.29) is 0 Å². The van der Waals surface area contributed by atoms with E-state index in [4.69, 9.17) is 0 Å². The van der Waals surface area contributed by atoms with Gasteiger partial charge < -0.3 is 4.55 Å². The van der Waals surface area contributed by atoms with E-state index in [1.165, 1.54) is 11.9 Å². The van der Waals surface area contributed by atoms with Crippen molar-refractivity contribution in [3.05, 3.63) is 0 Å². The molecule has 0 radical (unpaired) electrons. The van der Waals surface area contributed by atoms with Gasteiger partial charge in [-0.3, -0.25) is 9.00 Å². The zero-order valence-electron chi connectivity index (χ0n) is 7.44. The molecule has 0 aromatic heterocycles. The Morgan fingerprint density at radius 2 is 1.83 bits per heavy atom. The highest BCUT2D eigenvalue weighted by Crippen LogP contribution is 2.00. The van der Waals surface area contributed by atoms with Gasteiger partial charge >= 0.3 is 0 Å². The first-order valence-corrected chi connectivity index (χ1v) is 4.72. The van der Waals surface area contributed by atoms with Crippen molar-refractivity contribution >= 4 is 17.2 Å². The quantitative estimate of drug-likeness (QED) is 0.461. The molecule has 0 saturated heterocycles. The summed E-state index contributed by atoms with van der Waals surface area (Å²) in [5.41, 5.74) is 0. The molecule has 0 heterocycles. The first kappa shape index (κ1) is 11.5. The summed E-state index contributed by atoms with van der Waals surface area (Å²) in [7, 11) is 0. The third-order valence-electron chi connectivity index (χ3n) is 1.40. The molecule has 12 heavy (non-hydrogen) atoms. The Hall–Kier alpha value is -0.460. The number of rotatable bonds is 4. The average Bonchev–Trinajstić information content (AvgIpc) is 1.98. The van der Waals surface area contributed by atoms with Crippen LogP contribution >= 0.6 is 0 Å². The van der Waals surface area contributed by atoms with Gasteiger partial charge in [-0.05, 0) is 0 Å². The number of hydrogen-bond acceptors (Lipinski definition) is 4. The highest BCUT2D eigenvalue weighted by molar-refractivity contribution is 7.77. The number of hydrazine groups is 1. The number of carbonyl (C=O) groups excluding carboxylic acids is 1. The smallest absolute Gasteiger partial charge is 0.245 e. The van der Waals surface area contributed by atoms with Crippen molar-refractivity contribution in [1.82, 2.24) is 9.42 Å². The van der Waals surface area contributed by atoms with Crippen molar-refractivity contribution in [2.75, 3.05) is 13.1 Å². The monoisotopic (exact) mass is 193 g/mol. The van der Waals surface area contributed by atoms with Gasteiger partial charge in [0.1, 0.15) is 0 Å². The predicted octanol–water partition coefficient (Wildman–Crippen LogP) is -0.114. The van der Waals surface area contributed by atoms with E-state index in [0.29, 0.717) is 13.1 Å². The molecule has 0 aromatic carbocycles. The minimum atomic E-state index is -2.50. The topological polar surface area (TPSA) is 63.7 Å². The van der Waals surface area contributed by atoms with Gasteiger partial charge in [-0.25, -0.2) is 5.01 Å². The fourth-order valence-corrected chi connectivity index (χ4v) is 1.51. The van der Waals surface area contributed by atoms with Crippen molar-refractivity contribution in [1.29, 1.82) is 0 Å². The molecule has 0 aliphatic rings. The van der Waals surface area contributed by atoms with Crippen molar-refractivity contribution in [3.8, 4) is 0 Å². The first-order chi connectivity index (χ1) is 5.54. The summed E-state index contributed by atoms with van der Waals surface area (Å²) >= 11 is -2.50. The number of hydrogen-bond donors (Lipinski definition) is 0. The number of amides is 1. The molecule has 0 aliphatic carbocycles.